The molecule has 0 spiro atoms. The summed E-state index contributed by atoms with van der Waals surface area (Å²) in [6.45, 7) is 1.15. The Kier molecular flexibility index (Phi) is 3.81. The number of hydrogen-bond donors (Lipinski definition) is 1. The minimum absolute atomic E-state index is 0.556. The van der Waals surface area contributed by atoms with Crippen LogP contribution in [0.1, 0.15) is 17.5 Å². The fourth-order valence-corrected chi connectivity index (χ4v) is 3.18. The number of nitrogens with one attached hydrogen (secondary N) is 1. The molecule has 0 aromatic heterocycles. The Labute approximate surface area is 103 Å². The van der Waals surface area contributed by atoms with Crippen molar-refractivity contribution in [3.05, 3.63) is 35.4 Å². The van der Waals surface area contributed by atoms with Crippen molar-refractivity contribution in [2.45, 2.75) is 19.3 Å². The summed E-state index contributed by atoms with van der Waals surface area (Å²) in [5.41, 5.74) is 2.62. The summed E-state index contributed by atoms with van der Waals surface area (Å²) in [5, 5.41) is 0. The number of nitrogens with zero attached hydrogens (tertiary/aromatic N) is 1. The average molecular weight is 254 g/mol. The molecule has 0 aliphatic carbocycles. The van der Waals surface area contributed by atoms with Gasteiger partial charge >= 0.3 is 0 Å². The van der Waals surface area contributed by atoms with Crippen molar-refractivity contribution in [3.8, 4) is 0 Å². The standard InChI is InChI=1S/C12H18N2O2S/c1-13-17(15,16)14-9-4-7-11-5-2-3-6-12(11)8-10-14/h2-3,5-6,13H,4,7-10H2,1H3. The molecule has 1 heterocycles. The van der Waals surface area contributed by atoms with Crippen molar-refractivity contribution in [1.82, 2.24) is 9.03 Å². The number of aryl methyl sites for hydroxylation is 1. The maximum Gasteiger partial charge on any atom is 0.279 e. The molecule has 1 N–H and O–H groups in total. The summed E-state index contributed by atoms with van der Waals surface area (Å²) >= 11 is 0. The van der Waals surface area contributed by atoms with E-state index in [9.17, 15) is 8.42 Å². The van der Waals surface area contributed by atoms with Gasteiger partial charge in [-0.1, -0.05) is 24.3 Å². The van der Waals surface area contributed by atoms with E-state index in [0.29, 0.717) is 13.1 Å². The molecule has 1 aliphatic rings. The zero-order valence-corrected chi connectivity index (χ0v) is 10.8. The summed E-state index contributed by atoms with van der Waals surface area (Å²) < 4.78 is 27.4. The molecular formula is C12H18N2O2S. The molecule has 0 unspecified atom stereocenters. The van der Waals surface area contributed by atoms with Gasteiger partial charge in [-0.15, -0.1) is 0 Å². The first kappa shape index (κ1) is 12.5. The third kappa shape index (κ3) is 2.86. The lowest BCUT2D eigenvalue weighted by Crippen LogP contribution is -2.41. The highest BCUT2D eigenvalue weighted by Gasteiger charge is 2.21. The third-order valence-electron chi connectivity index (χ3n) is 3.20. The minimum Gasteiger partial charge on any atom is -0.205 e. The van der Waals surface area contributed by atoms with E-state index >= 15 is 0 Å². The Morgan fingerprint density at radius 2 is 1.76 bits per heavy atom. The van der Waals surface area contributed by atoms with Gasteiger partial charge in [-0.05, 0) is 30.4 Å². The molecule has 1 aliphatic heterocycles. The van der Waals surface area contributed by atoms with Crippen molar-refractivity contribution in [2.24, 2.45) is 0 Å². The second kappa shape index (κ2) is 5.16. The van der Waals surface area contributed by atoms with Crippen LogP contribution < -0.4 is 4.72 Å². The number of benzene rings is 1. The van der Waals surface area contributed by atoms with Crippen LogP contribution in [-0.2, 0) is 23.1 Å². The summed E-state index contributed by atoms with van der Waals surface area (Å²) in [4.78, 5) is 0. The molecule has 4 nitrogen and oxygen atoms in total. The van der Waals surface area contributed by atoms with E-state index < -0.39 is 10.2 Å². The average Bonchev–Trinajstić information content (AvgIpc) is 2.30. The van der Waals surface area contributed by atoms with E-state index in [1.54, 1.807) is 0 Å². The quantitative estimate of drug-likeness (QED) is 0.854. The predicted molar refractivity (Wildman–Crippen MR) is 68.0 cm³/mol. The van der Waals surface area contributed by atoms with Gasteiger partial charge < -0.3 is 0 Å². The Hall–Kier alpha value is -0.910. The molecule has 1 aromatic rings. The van der Waals surface area contributed by atoms with E-state index in [2.05, 4.69) is 16.9 Å². The van der Waals surface area contributed by atoms with Gasteiger partial charge in [0.25, 0.3) is 10.2 Å². The van der Waals surface area contributed by atoms with Crippen molar-refractivity contribution in [3.63, 3.8) is 0 Å². The molecule has 17 heavy (non-hydrogen) atoms. The molecule has 94 valence electrons. The van der Waals surface area contributed by atoms with Crippen LogP contribution in [0, 0.1) is 0 Å². The second-order valence-electron chi connectivity index (χ2n) is 4.23. The summed E-state index contributed by atoms with van der Waals surface area (Å²) in [6.07, 6.45) is 2.61. The molecule has 5 heteroatoms. The van der Waals surface area contributed by atoms with Crippen LogP contribution in [-0.4, -0.2) is 32.9 Å². The predicted octanol–water partition coefficient (Wildman–Crippen LogP) is 0.941. The highest BCUT2D eigenvalue weighted by Crippen LogP contribution is 2.16. The maximum atomic E-state index is 11.7. The third-order valence-corrected chi connectivity index (χ3v) is 4.76. The van der Waals surface area contributed by atoms with E-state index in [4.69, 9.17) is 0 Å². The van der Waals surface area contributed by atoms with E-state index in [1.807, 2.05) is 12.1 Å². The first-order valence-electron chi connectivity index (χ1n) is 5.89. The number of fused-ring (bicyclic) bond motifs is 1. The van der Waals surface area contributed by atoms with Crippen LogP contribution in [0.5, 0.6) is 0 Å². The summed E-state index contributed by atoms with van der Waals surface area (Å²) in [7, 11) is -1.82. The van der Waals surface area contributed by atoms with Gasteiger partial charge in [0.05, 0.1) is 0 Å². The second-order valence-corrected chi connectivity index (χ2v) is 6.11. The van der Waals surface area contributed by atoms with Crippen LogP contribution in [0.25, 0.3) is 0 Å². The molecule has 0 radical (unpaired) electrons. The number of rotatable bonds is 2. The lowest BCUT2D eigenvalue weighted by molar-refractivity contribution is 0.396. The Balaban J connectivity index is 2.17. The lowest BCUT2D eigenvalue weighted by Gasteiger charge is -2.24. The molecule has 0 bridgehead atoms. The molecule has 0 amide bonds. The topological polar surface area (TPSA) is 49.4 Å². The smallest absolute Gasteiger partial charge is 0.205 e. The van der Waals surface area contributed by atoms with Crippen molar-refractivity contribution in [2.75, 3.05) is 20.1 Å². The normalized spacial score (nSPS) is 18.2. The van der Waals surface area contributed by atoms with Crippen molar-refractivity contribution >= 4 is 10.2 Å². The Morgan fingerprint density at radius 3 is 2.41 bits per heavy atom. The van der Waals surface area contributed by atoms with Crippen LogP contribution in [0.3, 0.4) is 0 Å². The van der Waals surface area contributed by atoms with Gasteiger partial charge in [-0.25, -0.2) is 4.72 Å². The molecule has 2 rings (SSSR count). The molecule has 0 saturated carbocycles. The molecular weight excluding hydrogens is 236 g/mol. The lowest BCUT2D eigenvalue weighted by atomic mass is 9.99. The first-order chi connectivity index (χ1) is 8.13. The van der Waals surface area contributed by atoms with E-state index in [0.717, 1.165) is 19.3 Å². The SMILES string of the molecule is CNS(=O)(=O)N1CCCc2ccccc2CC1. The highest BCUT2D eigenvalue weighted by molar-refractivity contribution is 7.87. The van der Waals surface area contributed by atoms with Crippen LogP contribution in [0.15, 0.2) is 24.3 Å². The first-order valence-corrected chi connectivity index (χ1v) is 7.33. The van der Waals surface area contributed by atoms with Gasteiger partial charge in [0.15, 0.2) is 0 Å². The minimum atomic E-state index is -3.28. The van der Waals surface area contributed by atoms with Crippen LogP contribution in [0.4, 0.5) is 0 Å². The molecule has 0 atom stereocenters. The molecule has 0 fully saturated rings. The van der Waals surface area contributed by atoms with Gasteiger partial charge in [0, 0.05) is 20.1 Å². The number of hydrogen-bond acceptors (Lipinski definition) is 2. The summed E-state index contributed by atoms with van der Waals surface area (Å²) in [5.74, 6) is 0. The zero-order chi connectivity index (χ0) is 12.3. The fraction of sp³-hybridized carbons (Fsp3) is 0.500. The van der Waals surface area contributed by atoms with Crippen molar-refractivity contribution in [1.29, 1.82) is 0 Å². The fourth-order valence-electron chi connectivity index (χ4n) is 2.22. The van der Waals surface area contributed by atoms with Crippen molar-refractivity contribution < 1.29 is 8.42 Å². The maximum absolute atomic E-state index is 11.7. The van der Waals surface area contributed by atoms with Gasteiger partial charge in [0.2, 0.25) is 0 Å². The Bertz CT molecular complexity index is 485. The highest BCUT2D eigenvalue weighted by atomic mass is 32.2. The van der Waals surface area contributed by atoms with Gasteiger partial charge in [-0.3, -0.25) is 0 Å². The van der Waals surface area contributed by atoms with E-state index in [-0.39, 0.29) is 0 Å². The van der Waals surface area contributed by atoms with Crippen LogP contribution >= 0.6 is 0 Å². The summed E-state index contributed by atoms with van der Waals surface area (Å²) in [6, 6.07) is 8.28. The monoisotopic (exact) mass is 254 g/mol. The molecule has 0 saturated heterocycles. The Morgan fingerprint density at radius 1 is 1.12 bits per heavy atom. The van der Waals surface area contributed by atoms with Gasteiger partial charge in [-0.2, -0.15) is 12.7 Å². The van der Waals surface area contributed by atoms with Crippen LogP contribution in [0.2, 0.25) is 0 Å². The van der Waals surface area contributed by atoms with Gasteiger partial charge in [0.1, 0.15) is 0 Å². The largest absolute Gasteiger partial charge is 0.279 e. The zero-order valence-electron chi connectivity index (χ0n) is 10.0. The van der Waals surface area contributed by atoms with E-state index in [1.165, 1.54) is 22.5 Å². The molecule has 1 aromatic carbocycles.